The highest BCUT2D eigenvalue weighted by molar-refractivity contribution is 5.80. The molecule has 2 aromatic heterocycles. The van der Waals surface area contributed by atoms with Crippen molar-refractivity contribution in [3.63, 3.8) is 0 Å². The molecule has 4 bridgehead atoms. The van der Waals surface area contributed by atoms with Crippen LogP contribution in [0.15, 0.2) is 231 Å². The van der Waals surface area contributed by atoms with Gasteiger partial charge in [0.25, 0.3) is 0 Å². The van der Waals surface area contributed by atoms with Gasteiger partial charge < -0.3 is 24.5 Å². The highest BCUT2D eigenvalue weighted by Gasteiger charge is 2.64. The third kappa shape index (κ3) is 12.0. The topological polar surface area (TPSA) is 42.0 Å². The summed E-state index contributed by atoms with van der Waals surface area (Å²) in [5.74, 6) is 6.12. The first kappa shape index (κ1) is 73.2. The van der Waals surface area contributed by atoms with Crippen LogP contribution in [0.3, 0.4) is 0 Å². The number of hydrogen-bond donors (Lipinski definition) is 0. The van der Waals surface area contributed by atoms with Crippen LogP contribution in [0.1, 0.15) is 214 Å². The molecule has 108 heavy (non-hydrogen) atoms. The SMILES string of the molecule is Cc1ccccc1N1c2ccccc2C(C)(C)[C@@H]1C.Cc1ccccc1N1c2ccccc2C2(C3CC4CC(C3)CC2C4)[C@@H]1C.Cc1ccccc1N1c2ccccc2C2(CCCCC2)[C@@H]1C.Cc1ccccc1N1c2ncccc2C(C)(C)[C@@H]1C.Cc1ccccc1N1c2ncccc2C2(CCCCC2)[C@@H]1C. The zero-order valence-corrected chi connectivity index (χ0v) is 67.4. The van der Waals surface area contributed by atoms with Crippen molar-refractivity contribution in [1.82, 2.24) is 9.97 Å². The first-order chi connectivity index (χ1) is 52.2. The van der Waals surface area contributed by atoms with E-state index in [9.17, 15) is 0 Å². The molecule has 0 amide bonds. The molecule has 6 fully saturated rings. The van der Waals surface area contributed by atoms with Gasteiger partial charge in [0, 0.05) is 126 Å². The minimum absolute atomic E-state index is 0.117. The quantitative estimate of drug-likeness (QED) is 0.170. The molecule has 7 heterocycles. The van der Waals surface area contributed by atoms with Crippen molar-refractivity contribution in [2.75, 3.05) is 24.5 Å². The molecule has 5 aliphatic heterocycles. The van der Waals surface area contributed by atoms with Gasteiger partial charge in [-0.15, -0.1) is 0 Å². The largest absolute Gasteiger partial charge is 0.337 e. The standard InChI is InChI=1S/C25H29N.C21H25N.C20H24N2.C18H21N.C17H20N2/c1-16-7-3-5-9-23(16)26-17(2)25(22-8-4-6-10-24(22)26)20-12-18-11-19(14-20)15-21(25)13-18;1-16-10-4-6-12-19(16)22-17(2)21(14-8-3-9-15-21)18-11-5-7-13-20(18)22;1-15-9-4-5-11-18(15)22-16(2)20(12-6-3-7-13-20)17-10-8-14-21-19(17)22;1-13-9-5-7-11-16(13)19-14(2)18(3,4)15-10-6-8-12-17(15)19;1-12-8-5-6-10-15(12)19-13(2)17(3,4)14-9-7-11-18-16(14)19/h3-10,17-21H,11-15H2,1-2H3;4-7,10-13,17H,3,8-9,14-15H2,1-2H3;4-5,8-11,14,16H,3,6-7,12-13H2,1-2H3;5-12,14H,1-4H3;5-11,13H,1-4H3/t17-,18?,19?,20?,21?,25?;17-;16-;14-;13-/m00000/s1. The van der Waals surface area contributed by atoms with Crippen molar-refractivity contribution in [3.8, 4) is 0 Å². The van der Waals surface area contributed by atoms with Crippen LogP contribution in [0.2, 0.25) is 0 Å². The van der Waals surface area contributed by atoms with Gasteiger partial charge in [-0.25, -0.2) is 9.97 Å². The predicted octanol–water partition coefficient (Wildman–Crippen LogP) is 26.1. The molecule has 0 radical (unpaired) electrons. The van der Waals surface area contributed by atoms with Crippen LogP contribution in [0.25, 0.3) is 0 Å². The molecular weight excluding hydrogens is 1310 g/mol. The van der Waals surface area contributed by atoms with Crippen molar-refractivity contribution in [1.29, 1.82) is 0 Å². The molecular formula is C101H119N7. The van der Waals surface area contributed by atoms with Gasteiger partial charge >= 0.3 is 0 Å². The Morgan fingerprint density at radius 3 is 1.00 bits per heavy atom. The van der Waals surface area contributed by atoms with Crippen LogP contribution < -0.4 is 24.5 Å². The van der Waals surface area contributed by atoms with Gasteiger partial charge in [0.1, 0.15) is 11.6 Å². The molecule has 10 aromatic rings. The van der Waals surface area contributed by atoms with Crippen LogP contribution in [0, 0.1) is 58.3 Å². The lowest BCUT2D eigenvalue weighted by Crippen LogP contribution is -2.60. The van der Waals surface area contributed by atoms with E-state index in [1.165, 1.54) is 192 Å². The normalized spacial score (nSPS) is 26.0. The Bertz CT molecular complexity index is 4610. The molecule has 7 heteroatoms. The summed E-state index contributed by atoms with van der Waals surface area (Å²) in [6, 6.07) is 82.2. The van der Waals surface area contributed by atoms with Crippen molar-refractivity contribution >= 4 is 57.1 Å². The van der Waals surface area contributed by atoms with Crippen molar-refractivity contribution in [2.24, 2.45) is 23.7 Å². The van der Waals surface area contributed by atoms with E-state index in [1.54, 1.807) is 11.1 Å². The van der Waals surface area contributed by atoms with Gasteiger partial charge in [0.2, 0.25) is 0 Å². The molecule has 6 aliphatic carbocycles. The maximum atomic E-state index is 4.78. The molecule has 5 atom stereocenters. The molecule has 0 N–H and O–H groups in total. The first-order valence-electron chi connectivity index (χ1n) is 41.7. The Kier molecular flexibility index (Phi) is 19.8. The van der Waals surface area contributed by atoms with E-state index in [1.807, 2.05) is 18.5 Å². The molecule has 0 unspecified atom stereocenters. The van der Waals surface area contributed by atoms with E-state index in [-0.39, 0.29) is 10.8 Å². The maximum Gasteiger partial charge on any atom is 0.137 e. The summed E-state index contributed by atoms with van der Waals surface area (Å²) in [6.07, 6.45) is 24.8. The number of anilines is 10. The van der Waals surface area contributed by atoms with Crippen molar-refractivity contribution < 1.29 is 0 Å². The molecule has 6 saturated carbocycles. The Morgan fingerprint density at radius 2 is 0.556 bits per heavy atom. The smallest absolute Gasteiger partial charge is 0.137 e. The number of rotatable bonds is 5. The van der Waals surface area contributed by atoms with Gasteiger partial charge in [-0.05, 0) is 256 Å². The molecule has 21 rings (SSSR count). The van der Waals surface area contributed by atoms with Gasteiger partial charge in [-0.2, -0.15) is 0 Å². The minimum atomic E-state index is 0.117. The first-order valence-corrected chi connectivity index (χ1v) is 41.7. The molecule has 7 nitrogen and oxygen atoms in total. The van der Waals surface area contributed by atoms with Crippen LogP contribution in [-0.4, -0.2) is 40.2 Å². The second-order valence-electron chi connectivity index (χ2n) is 35.6. The lowest BCUT2D eigenvalue weighted by atomic mass is 9.42. The zero-order valence-electron chi connectivity index (χ0n) is 67.4. The van der Waals surface area contributed by atoms with Gasteiger partial charge in [0.15, 0.2) is 0 Å². The molecule has 3 spiro atoms. The van der Waals surface area contributed by atoms with Gasteiger partial charge in [-0.3, -0.25) is 0 Å². The van der Waals surface area contributed by atoms with Gasteiger partial charge in [-0.1, -0.05) is 224 Å². The van der Waals surface area contributed by atoms with Crippen LogP contribution in [-0.2, 0) is 27.1 Å². The lowest BCUT2D eigenvalue weighted by Gasteiger charge is -2.62. The minimum Gasteiger partial charge on any atom is -0.337 e. The third-order valence-corrected chi connectivity index (χ3v) is 29.6. The second-order valence-corrected chi connectivity index (χ2v) is 35.6. The molecule has 0 saturated heterocycles. The summed E-state index contributed by atoms with van der Waals surface area (Å²) in [5.41, 5.74) is 26.6. The highest BCUT2D eigenvalue weighted by Crippen LogP contribution is 2.69. The molecule has 8 aromatic carbocycles. The van der Waals surface area contributed by atoms with Gasteiger partial charge in [0.05, 0.1) is 0 Å². The van der Waals surface area contributed by atoms with Crippen molar-refractivity contribution in [2.45, 2.75) is 251 Å². The summed E-state index contributed by atoms with van der Waals surface area (Å²) in [6.45, 7) is 32.3. The number of para-hydroxylation sites is 8. The second kappa shape index (κ2) is 29.1. The summed E-state index contributed by atoms with van der Waals surface area (Å²) in [4.78, 5) is 22.1. The summed E-state index contributed by atoms with van der Waals surface area (Å²) in [5, 5.41) is 0. The van der Waals surface area contributed by atoms with E-state index in [0.29, 0.717) is 46.5 Å². The Hall–Kier alpha value is -8.94. The van der Waals surface area contributed by atoms with E-state index >= 15 is 0 Å². The van der Waals surface area contributed by atoms with E-state index in [2.05, 4.69) is 339 Å². The third-order valence-electron chi connectivity index (χ3n) is 29.6. The molecule has 558 valence electrons. The number of aryl methyl sites for hydroxylation is 5. The summed E-state index contributed by atoms with van der Waals surface area (Å²) >= 11 is 0. The van der Waals surface area contributed by atoms with E-state index < -0.39 is 0 Å². The summed E-state index contributed by atoms with van der Waals surface area (Å²) in [7, 11) is 0. The number of pyridine rings is 2. The number of benzene rings is 8. The van der Waals surface area contributed by atoms with E-state index in [0.717, 1.165) is 29.5 Å². The number of fused-ring (bicyclic) bond motifs is 7. The fraction of sp³-hybridized carbons (Fsp3) is 0.426. The van der Waals surface area contributed by atoms with E-state index in [4.69, 9.17) is 4.98 Å². The average molecular weight is 1430 g/mol. The monoisotopic (exact) mass is 1430 g/mol. The van der Waals surface area contributed by atoms with Crippen molar-refractivity contribution in [3.05, 3.63) is 286 Å². The zero-order chi connectivity index (χ0) is 75.0. The number of hydrogen-bond acceptors (Lipinski definition) is 7. The van der Waals surface area contributed by atoms with Crippen LogP contribution >= 0.6 is 0 Å². The Labute approximate surface area is 648 Å². The van der Waals surface area contributed by atoms with Crippen LogP contribution in [0.5, 0.6) is 0 Å². The fourth-order valence-corrected chi connectivity index (χ4v) is 23.6. The van der Waals surface area contributed by atoms with Crippen LogP contribution in [0.4, 0.5) is 57.1 Å². The predicted molar refractivity (Wildman–Crippen MR) is 456 cm³/mol. The fourth-order valence-electron chi connectivity index (χ4n) is 23.6. The number of aromatic nitrogens is 2. The Morgan fingerprint density at radius 1 is 0.269 bits per heavy atom. The Balaban J connectivity index is 0.000000104. The lowest BCUT2D eigenvalue weighted by molar-refractivity contribution is -0.0654. The number of nitrogens with zero attached hydrogens (tertiary/aromatic N) is 7. The maximum absolute atomic E-state index is 4.78. The average Bonchev–Trinajstić information content (AvgIpc) is 1.47. The summed E-state index contributed by atoms with van der Waals surface area (Å²) < 4.78 is 0. The highest BCUT2D eigenvalue weighted by atomic mass is 15.3. The molecule has 11 aliphatic rings.